The summed E-state index contributed by atoms with van der Waals surface area (Å²) in [5.41, 5.74) is 6.31. The van der Waals surface area contributed by atoms with Crippen LogP contribution in [0.15, 0.2) is 28.7 Å². The standard InChI is InChI=1S/C19H27BrN2O2.ClH/c1-12(24-17-8-3-2-7-16(17)20)11-22-19(23)15-9-13-5-4-6-14(10-15)18(13)21;/h2-3,7-8,12-15,18H,4-6,9-11,21H2,1H3,(H,22,23);1H. The fourth-order valence-electron chi connectivity index (χ4n) is 4.19. The molecule has 0 aliphatic heterocycles. The van der Waals surface area contributed by atoms with Crippen molar-refractivity contribution in [3.05, 3.63) is 28.7 Å². The lowest BCUT2D eigenvalue weighted by Gasteiger charge is -2.43. The van der Waals surface area contributed by atoms with E-state index in [2.05, 4.69) is 21.2 Å². The number of nitrogens with two attached hydrogens (primary N) is 1. The molecule has 25 heavy (non-hydrogen) atoms. The van der Waals surface area contributed by atoms with Crippen LogP contribution in [0.2, 0.25) is 0 Å². The summed E-state index contributed by atoms with van der Waals surface area (Å²) in [4.78, 5) is 12.5. The van der Waals surface area contributed by atoms with Gasteiger partial charge in [0.1, 0.15) is 11.9 Å². The van der Waals surface area contributed by atoms with E-state index in [0.717, 1.165) is 23.1 Å². The van der Waals surface area contributed by atoms with Crippen LogP contribution < -0.4 is 15.8 Å². The van der Waals surface area contributed by atoms with Gasteiger partial charge in [-0.1, -0.05) is 18.6 Å². The summed E-state index contributed by atoms with van der Waals surface area (Å²) in [6.45, 7) is 2.50. The van der Waals surface area contributed by atoms with Crippen molar-refractivity contribution in [3.63, 3.8) is 0 Å². The predicted octanol–water partition coefficient (Wildman–Crippen LogP) is 3.91. The molecule has 1 aromatic rings. The van der Waals surface area contributed by atoms with E-state index in [1.54, 1.807) is 0 Å². The first-order valence-corrected chi connectivity index (χ1v) is 9.78. The lowest BCUT2D eigenvalue weighted by molar-refractivity contribution is -0.128. The molecule has 3 N–H and O–H groups in total. The number of para-hydroxylation sites is 1. The van der Waals surface area contributed by atoms with E-state index in [0.29, 0.717) is 24.4 Å². The SMILES string of the molecule is CC(CNC(=O)C1CC2CCCC(C1)C2N)Oc1ccccc1Br.Cl. The van der Waals surface area contributed by atoms with E-state index in [1.807, 2.05) is 31.2 Å². The lowest BCUT2D eigenvalue weighted by atomic mass is 9.65. The Labute approximate surface area is 164 Å². The van der Waals surface area contributed by atoms with Crippen molar-refractivity contribution >= 4 is 34.2 Å². The molecular formula is C19H28BrClN2O2. The van der Waals surface area contributed by atoms with Gasteiger partial charge in [-0.25, -0.2) is 0 Å². The maximum absolute atomic E-state index is 12.5. The van der Waals surface area contributed by atoms with Gasteiger partial charge < -0.3 is 15.8 Å². The Bertz CT molecular complexity index is 572. The molecule has 0 saturated heterocycles. The number of hydrogen-bond acceptors (Lipinski definition) is 3. The van der Waals surface area contributed by atoms with Crippen LogP contribution >= 0.6 is 28.3 Å². The first-order valence-electron chi connectivity index (χ1n) is 8.99. The second kappa shape index (κ2) is 9.24. The van der Waals surface area contributed by atoms with Crippen molar-refractivity contribution in [1.82, 2.24) is 5.32 Å². The minimum absolute atomic E-state index is 0. The maximum atomic E-state index is 12.5. The van der Waals surface area contributed by atoms with Crippen molar-refractivity contribution < 1.29 is 9.53 Å². The minimum Gasteiger partial charge on any atom is -0.488 e. The molecule has 2 bridgehead atoms. The molecule has 2 aliphatic rings. The molecule has 2 fully saturated rings. The fraction of sp³-hybridized carbons (Fsp3) is 0.632. The highest BCUT2D eigenvalue weighted by molar-refractivity contribution is 9.10. The summed E-state index contributed by atoms with van der Waals surface area (Å²) < 4.78 is 6.82. The van der Waals surface area contributed by atoms with Crippen LogP contribution in [0.5, 0.6) is 5.75 Å². The number of carbonyl (C=O) groups is 1. The third-order valence-corrected chi connectivity index (χ3v) is 6.17. The van der Waals surface area contributed by atoms with Gasteiger partial charge >= 0.3 is 0 Å². The first-order chi connectivity index (χ1) is 11.5. The number of ether oxygens (including phenoxy) is 1. The number of benzene rings is 1. The highest BCUT2D eigenvalue weighted by Gasteiger charge is 2.40. The average molecular weight is 432 g/mol. The van der Waals surface area contributed by atoms with Gasteiger partial charge in [-0.05, 0) is 72.5 Å². The Hall–Kier alpha value is -0.780. The van der Waals surface area contributed by atoms with E-state index < -0.39 is 0 Å². The molecule has 1 aromatic carbocycles. The zero-order chi connectivity index (χ0) is 17.1. The van der Waals surface area contributed by atoms with E-state index in [-0.39, 0.29) is 30.3 Å². The van der Waals surface area contributed by atoms with Crippen LogP contribution in [0.4, 0.5) is 0 Å². The van der Waals surface area contributed by atoms with Gasteiger partial charge in [0.15, 0.2) is 0 Å². The van der Waals surface area contributed by atoms with Gasteiger partial charge in [0.2, 0.25) is 5.91 Å². The largest absolute Gasteiger partial charge is 0.488 e. The zero-order valence-electron chi connectivity index (χ0n) is 14.6. The van der Waals surface area contributed by atoms with Crippen LogP contribution in [0, 0.1) is 17.8 Å². The molecule has 140 valence electrons. The van der Waals surface area contributed by atoms with Crippen molar-refractivity contribution in [1.29, 1.82) is 0 Å². The molecule has 4 nitrogen and oxygen atoms in total. The molecule has 0 heterocycles. The molecule has 3 rings (SSSR count). The Balaban J connectivity index is 0.00000225. The summed E-state index contributed by atoms with van der Waals surface area (Å²) in [6.07, 6.45) is 5.46. The highest BCUT2D eigenvalue weighted by atomic mass is 79.9. The van der Waals surface area contributed by atoms with Gasteiger partial charge in [-0.3, -0.25) is 4.79 Å². The van der Waals surface area contributed by atoms with Crippen molar-refractivity contribution in [2.45, 2.75) is 51.2 Å². The number of hydrogen-bond donors (Lipinski definition) is 2. The summed E-state index contributed by atoms with van der Waals surface area (Å²) in [7, 11) is 0. The van der Waals surface area contributed by atoms with E-state index >= 15 is 0 Å². The summed E-state index contributed by atoms with van der Waals surface area (Å²) in [5.74, 6) is 2.15. The predicted molar refractivity (Wildman–Crippen MR) is 106 cm³/mol. The molecule has 0 aromatic heterocycles. The van der Waals surface area contributed by atoms with E-state index in [9.17, 15) is 4.79 Å². The molecule has 0 radical (unpaired) electrons. The minimum atomic E-state index is -0.0713. The molecule has 0 spiro atoms. The number of fused-ring (bicyclic) bond motifs is 2. The van der Waals surface area contributed by atoms with Crippen molar-refractivity contribution in [2.75, 3.05) is 6.54 Å². The quantitative estimate of drug-likeness (QED) is 0.743. The van der Waals surface area contributed by atoms with Gasteiger partial charge in [0, 0.05) is 12.0 Å². The smallest absolute Gasteiger partial charge is 0.223 e. The maximum Gasteiger partial charge on any atom is 0.223 e. The topological polar surface area (TPSA) is 64.4 Å². The van der Waals surface area contributed by atoms with Gasteiger partial charge in [-0.2, -0.15) is 0 Å². The van der Waals surface area contributed by atoms with Crippen molar-refractivity contribution in [2.24, 2.45) is 23.5 Å². The Kier molecular flexibility index (Phi) is 7.59. The fourth-order valence-corrected chi connectivity index (χ4v) is 4.57. The molecular weight excluding hydrogens is 404 g/mol. The monoisotopic (exact) mass is 430 g/mol. The van der Waals surface area contributed by atoms with Gasteiger partial charge in [-0.15, -0.1) is 12.4 Å². The lowest BCUT2D eigenvalue weighted by Crippen LogP contribution is -2.49. The summed E-state index contributed by atoms with van der Waals surface area (Å²) in [5, 5.41) is 3.08. The van der Waals surface area contributed by atoms with Crippen molar-refractivity contribution in [3.8, 4) is 5.75 Å². The normalized spacial score (nSPS) is 29.2. The number of amides is 1. The third kappa shape index (κ3) is 5.11. The Morgan fingerprint density at radius 1 is 1.32 bits per heavy atom. The molecule has 3 unspecified atom stereocenters. The van der Waals surface area contributed by atoms with Crippen LogP contribution in [-0.2, 0) is 4.79 Å². The van der Waals surface area contributed by atoms with Crippen LogP contribution in [0.25, 0.3) is 0 Å². The molecule has 1 amide bonds. The summed E-state index contributed by atoms with van der Waals surface area (Å²) in [6, 6.07) is 8.07. The highest BCUT2D eigenvalue weighted by Crippen LogP contribution is 2.41. The van der Waals surface area contributed by atoms with Crippen LogP contribution in [0.3, 0.4) is 0 Å². The Morgan fingerprint density at radius 3 is 2.60 bits per heavy atom. The van der Waals surface area contributed by atoms with Crippen LogP contribution in [-0.4, -0.2) is 24.6 Å². The number of carbonyl (C=O) groups excluding carboxylic acids is 1. The van der Waals surface area contributed by atoms with Gasteiger partial charge in [0.25, 0.3) is 0 Å². The summed E-state index contributed by atoms with van der Waals surface area (Å²) >= 11 is 3.48. The molecule has 6 heteroatoms. The molecule has 2 aliphatic carbocycles. The van der Waals surface area contributed by atoms with Gasteiger partial charge in [0.05, 0.1) is 11.0 Å². The molecule has 2 saturated carbocycles. The Morgan fingerprint density at radius 2 is 1.96 bits per heavy atom. The van der Waals surface area contributed by atoms with E-state index in [4.69, 9.17) is 10.5 Å². The molecule has 3 atom stereocenters. The van der Waals surface area contributed by atoms with E-state index in [1.165, 1.54) is 19.3 Å². The second-order valence-corrected chi connectivity index (χ2v) is 8.16. The first kappa shape index (κ1) is 20.5. The number of nitrogens with one attached hydrogen (secondary N) is 1. The number of rotatable bonds is 5. The second-order valence-electron chi connectivity index (χ2n) is 7.30. The zero-order valence-corrected chi connectivity index (χ0v) is 17.0. The third-order valence-electron chi connectivity index (χ3n) is 5.51. The number of halogens is 2. The van der Waals surface area contributed by atoms with Crippen LogP contribution in [0.1, 0.15) is 39.0 Å². The average Bonchev–Trinajstić information content (AvgIpc) is 2.54.